The molecular weight excluding hydrogens is 244 g/mol. The fraction of sp³-hybridized carbons (Fsp3) is 1.00. The van der Waals surface area contributed by atoms with E-state index < -0.39 is 0 Å². The van der Waals surface area contributed by atoms with Gasteiger partial charge in [-0.2, -0.15) is 0 Å². The first-order valence-electron chi connectivity index (χ1n) is 8.64. The lowest BCUT2D eigenvalue weighted by Gasteiger charge is -2.48. The van der Waals surface area contributed by atoms with Crippen LogP contribution in [0.25, 0.3) is 0 Å². The van der Waals surface area contributed by atoms with Gasteiger partial charge in [0.25, 0.3) is 0 Å². The maximum atomic E-state index is 6.35. The van der Waals surface area contributed by atoms with E-state index in [0.29, 0.717) is 17.5 Å². The van der Waals surface area contributed by atoms with Gasteiger partial charge in [0.2, 0.25) is 0 Å². The number of nitrogens with two attached hydrogens (primary N) is 1. The average molecular weight is 290 g/mol. The Hall–Kier alpha value is -0.0800. The summed E-state index contributed by atoms with van der Waals surface area (Å²) in [5.74, 6) is 0. The third-order valence-electron chi connectivity index (χ3n) is 4.75. The summed E-state index contributed by atoms with van der Waals surface area (Å²) in [4.78, 5) is 2.60. The molecule has 0 radical (unpaired) electrons. The van der Waals surface area contributed by atoms with Crippen LogP contribution in [0.1, 0.15) is 88.9 Å². The van der Waals surface area contributed by atoms with E-state index in [-0.39, 0.29) is 8.85 Å². The van der Waals surface area contributed by atoms with Gasteiger partial charge in [-0.25, -0.2) is 0 Å². The largest absolute Gasteiger partial charge is 0.327 e. The van der Waals surface area contributed by atoms with E-state index in [9.17, 15) is 0 Å². The van der Waals surface area contributed by atoms with Gasteiger partial charge >= 0.3 is 0 Å². The Morgan fingerprint density at radius 3 is 1.90 bits per heavy atom. The fourth-order valence-corrected chi connectivity index (χ4v) is 3.44. The van der Waals surface area contributed by atoms with E-state index in [1.54, 1.807) is 0 Å². The molecule has 1 unspecified atom stereocenters. The van der Waals surface area contributed by atoms with Crippen LogP contribution in [-0.2, 0) is 0 Å². The van der Waals surface area contributed by atoms with E-state index >= 15 is 0 Å². The van der Waals surface area contributed by atoms with Crippen LogP contribution in [0.2, 0.25) is 0 Å². The van der Waals surface area contributed by atoms with Gasteiger partial charge in [-0.05, 0) is 58.0 Å². The lowest BCUT2D eigenvalue weighted by Crippen LogP contribution is -2.52. The number of rotatable bonds is 1. The minimum Gasteiger partial charge on any atom is -0.327 e. The Bertz CT molecular complexity index is 211. The van der Waals surface area contributed by atoms with Crippen LogP contribution in [0.3, 0.4) is 0 Å². The van der Waals surface area contributed by atoms with Crippen LogP contribution in [0, 0.1) is 5.41 Å². The Labute approximate surface area is 131 Å². The van der Waals surface area contributed by atoms with Crippen molar-refractivity contribution in [3.05, 3.63) is 0 Å². The first kappa shape index (κ1) is 22.2. The van der Waals surface area contributed by atoms with E-state index in [1.807, 2.05) is 27.7 Å². The molecule has 2 fully saturated rings. The molecule has 2 heteroatoms. The SMILES string of the molecule is C.CC.CC.CC(C)N1CCC2(CCCCC2N)CC1.[2HH]. The van der Waals surface area contributed by atoms with Crippen molar-refractivity contribution in [3.8, 4) is 0 Å². The Balaban J connectivity index is -0.000000499. The quantitative estimate of drug-likeness (QED) is 0.708. The third-order valence-corrected chi connectivity index (χ3v) is 4.75. The summed E-state index contributed by atoms with van der Waals surface area (Å²) in [6.07, 6.45) is 8.10. The second-order valence-corrected chi connectivity index (χ2v) is 5.84. The minimum absolute atomic E-state index is 0. The lowest BCUT2D eigenvalue weighted by atomic mass is 9.65. The van der Waals surface area contributed by atoms with Crippen molar-refractivity contribution in [3.63, 3.8) is 0 Å². The molecule has 2 N–H and O–H groups in total. The predicted molar refractivity (Wildman–Crippen MR) is 96.4 cm³/mol. The highest BCUT2D eigenvalue weighted by molar-refractivity contribution is 4.96. The minimum atomic E-state index is 0. The number of hydrogen-bond acceptors (Lipinski definition) is 2. The molecule has 0 aromatic carbocycles. The van der Waals surface area contributed by atoms with Crippen molar-refractivity contribution < 1.29 is 1.43 Å². The van der Waals surface area contributed by atoms with Gasteiger partial charge in [0.05, 0.1) is 0 Å². The Morgan fingerprint density at radius 1 is 1.00 bits per heavy atom. The molecule has 126 valence electrons. The van der Waals surface area contributed by atoms with E-state index in [2.05, 4.69) is 18.7 Å². The maximum Gasteiger partial charge on any atom is 0.00965 e. The van der Waals surface area contributed by atoms with Gasteiger partial charge < -0.3 is 10.6 Å². The molecular formula is C18H44N2. The monoisotopic (exact) mass is 289 g/mol. The molecule has 2 rings (SSSR count). The zero-order valence-electron chi connectivity index (χ0n) is 14.3. The number of likely N-dealkylation sites (tertiary alicyclic amines) is 1. The highest BCUT2D eigenvalue weighted by atomic mass is 15.2. The van der Waals surface area contributed by atoms with Gasteiger partial charge in [0, 0.05) is 13.5 Å². The van der Waals surface area contributed by atoms with Crippen molar-refractivity contribution in [2.45, 2.75) is 99.6 Å². The maximum absolute atomic E-state index is 6.35. The molecule has 20 heavy (non-hydrogen) atoms. The second-order valence-electron chi connectivity index (χ2n) is 5.84. The van der Waals surface area contributed by atoms with E-state index in [0.717, 1.165) is 0 Å². The smallest absolute Gasteiger partial charge is 0.00965 e. The van der Waals surface area contributed by atoms with Gasteiger partial charge in [0.1, 0.15) is 0 Å². The van der Waals surface area contributed by atoms with E-state index in [1.165, 1.54) is 51.6 Å². The average Bonchev–Trinajstić information content (AvgIpc) is 2.47. The molecule has 0 aromatic rings. The molecule has 0 bridgehead atoms. The van der Waals surface area contributed by atoms with Crippen LogP contribution in [-0.4, -0.2) is 30.1 Å². The molecule has 1 atom stereocenters. The molecule has 1 heterocycles. The molecule has 0 aromatic heterocycles. The first-order chi connectivity index (χ1) is 9.14. The van der Waals surface area contributed by atoms with Crippen molar-refractivity contribution >= 4 is 0 Å². The summed E-state index contributed by atoms with van der Waals surface area (Å²) < 4.78 is 0. The van der Waals surface area contributed by atoms with Crippen molar-refractivity contribution in [1.29, 1.82) is 0 Å². The molecule has 0 amide bonds. The third kappa shape index (κ3) is 5.73. The summed E-state index contributed by atoms with van der Waals surface area (Å²) in [5, 5.41) is 0. The van der Waals surface area contributed by atoms with Crippen molar-refractivity contribution in [1.82, 2.24) is 4.90 Å². The van der Waals surface area contributed by atoms with Gasteiger partial charge in [0.15, 0.2) is 0 Å². The highest BCUT2D eigenvalue weighted by Gasteiger charge is 2.41. The van der Waals surface area contributed by atoms with Gasteiger partial charge in [-0.1, -0.05) is 48.0 Å². The summed E-state index contributed by atoms with van der Waals surface area (Å²) in [5.41, 5.74) is 6.86. The normalized spacial score (nSPS) is 24.9. The first-order valence-corrected chi connectivity index (χ1v) is 8.64. The number of hydrogen-bond donors (Lipinski definition) is 1. The molecule has 1 saturated heterocycles. The highest BCUT2D eigenvalue weighted by Crippen LogP contribution is 2.43. The van der Waals surface area contributed by atoms with E-state index in [4.69, 9.17) is 5.73 Å². The second kappa shape index (κ2) is 11.6. The number of nitrogens with zero attached hydrogens (tertiary/aromatic N) is 1. The zero-order valence-corrected chi connectivity index (χ0v) is 14.3. The predicted octanol–water partition coefficient (Wildman–Crippen LogP) is 5.31. The molecule has 1 saturated carbocycles. The van der Waals surface area contributed by atoms with Crippen LogP contribution in [0.5, 0.6) is 0 Å². The van der Waals surface area contributed by atoms with Crippen LogP contribution in [0.4, 0.5) is 0 Å². The van der Waals surface area contributed by atoms with Crippen LogP contribution < -0.4 is 5.73 Å². The zero-order chi connectivity index (χ0) is 14.9. The number of piperidine rings is 1. The summed E-state index contributed by atoms with van der Waals surface area (Å²) in [6, 6.07) is 1.20. The Kier molecular flexibility index (Phi) is 12.8. The molecule has 1 aliphatic heterocycles. The summed E-state index contributed by atoms with van der Waals surface area (Å²) in [6.45, 7) is 15.1. The Morgan fingerprint density at radius 2 is 1.50 bits per heavy atom. The standard InChI is InChI=1S/C13H26N2.2C2H6.CH4.H2/c1-11(2)15-9-7-13(8-10-15)6-4-3-5-12(13)14;2*1-2;;/h11-12H,3-10,14H2,1-2H3;2*1-2H3;1H4;1H/i;;;;1+1. The topological polar surface area (TPSA) is 29.3 Å². The van der Waals surface area contributed by atoms with Gasteiger partial charge in [-0.15, -0.1) is 0 Å². The van der Waals surface area contributed by atoms with Crippen molar-refractivity contribution in [2.75, 3.05) is 13.1 Å². The molecule has 1 aliphatic carbocycles. The summed E-state index contributed by atoms with van der Waals surface area (Å²) >= 11 is 0. The van der Waals surface area contributed by atoms with Crippen molar-refractivity contribution in [2.24, 2.45) is 11.1 Å². The molecule has 1 spiro atoms. The lowest BCUT2D eigenvalue weighted by molar-refractivity contribution is 0.0367. The molecule has 2 nitrogen and oxygen atoms in total. The van der Waals surface area contributed by atoms with Crippen LogP contribution in [0.15, 0.2) is 0 Å². The summed E-state index contributed by atoms with van der Waals surface area (Å²) in [7, 11) is 0. The van der Waals surface area contributed by atoms with Gasteiger partial charge in [-0.3, -0.25) is 0 Å². The van der Waals surface area contributed by atoms with Crippen LogP contribution >= 0.6 is 0 Å². The fourth-order valence-electron chi connectivity index (χ4n) is 3.44. The molecule has 2 aliphatic rings.